The van der Waals surface area contributed by atoms with Crippen molar-refractivity contribution in [2.45, 2.75) is 4.90 Å². The number of nitro groups is 1. The SMILES string of the molecule is N#CC(=NNc1ccc(S(=O)(=O)N2CCOCC2)cc1)c1ccc([N+](=O)[O-])cc1. The quantitative estimate of drug-likeness (QED) is 0.432. The van der Waals surface area contributed by atoms with Crippen LogP contribution in [0, 0.1) is 21.4 Å². The second-order valence-electron chi connectivity index (χ2n) is 6.03. The van der Waals surface area contributed by atoms with Gasteiger partial charge in [-0.15, -0.1) is 0 Å². The van der Waals surface area contributed by atoms with Gasteiger partial charge in [-0.2, -0.15) is 14.7 Å². The second-order valence-corrected chi connectivity index (χ2v) is 7.97. The van der Waals surface area contributed by atoms with Crippen LogP contribution in [0.1, 0.15) is 5.56 Å². The van der Waals surface area contributed by atoms with Crippen LogP contribution in [0.25, 0.3) is 0 Å². The molecule has 3 rings (SSSR count). The van der Waals surface area contributed by atoms with Crippen LogP contribution in [0.3, 0.4) is 0 Å². The van der Waals surface area contributed by atoms with E-state index < -0.39 is 14.9 Å². The maximum Gasteiger partial charge on any atom is 0.269 e. The number of benzene rings is 2. The number of rotatable bonds is 6. The predicted molar refractivity (Wildman–Crippen MR) is 105 cm³/mol. The third kappa shape index (κ3) is 4.75. The molecule has 0 bridgehead atoms. The summed E-state index contributed by atoms with van der Waals surface area (Å²) in [6.07, 6.45) is 0. The maximum atomic E-state index is 12.6. The normalized spacial score (nSPS) is 15.5. The first-order valence-corrected chi connectivity index (χ1v) is 10.0. The van der Waals surface area contributed by atoms with Crippen LogP contribution in [0.15, 0.2) is 58.5 Å². The number of hydrazone groups is 1. The molecule has 1 N–H and O–H groups in total. The van der Waals surface area contributed by atoms with Crippen molar-refractivity contribution >= 4 is 27.1 Å². The fourth-order valence-electron chi connectivity index (χ4n) is 2.65. The van der Waals surface area contributed by atoms with E-state index in [9.17, 15) is 23.8 Å². The maximum absolute atomic E-state index is 12.6. The molecule has 0 unspecified atom stereocenters. The largest absolute Gasteiger partial charge is 0.379 e. The Morgan fingerprint density at radius 3 is 2.31 bits per heavy atom. The number of nitrogens with zero attached hydrogens (tertiary/aromatic N) is 4. The lowest BCUT2D eigenvalue weighted by atomic mass is 10.1. The minimum Gasteiger partial charge on any atom is -0.379 e. The fraction of sp³-hybridized carbons (Fsp3) is 0.222. The summed E-state index contributed by atoms with van der Waals surface area (Å²) in [7, 11) is -3.59. The van der Waals surface area contributed by atoms with Crippen molar-refractivity contribution in [3.8, 4) is 6.07 Å². The molecule has 0 atom stereocenters. The molecular formula is C18H17N5O5S. The Kier molecular flexibility index (Phi) is 6.18. The van der Waals surface area contributed by atoms with Crippen LogP contribution in [0.5, 0.6) is 0 Å². The summed E-state index contributed by atoms with van der Waals surface area (Å²) in [6, 6.07) is 13.4. The van der Waals surface area contributed by atoms with Gasteiger partial charge in [0.05, 0.1) is 28.7 Å². The minimum absolute atomic E-state index is 0.0323. The standard InChI is InChI=1S/C18H17N5O5S/c19-13-18(14-1-5-16(6-2-14)23(24)25)21-20-15-3-7-17(8-4-15)29(26,27)22-9-11-28-12-10-22/h1-8,20H,9-12H2. The highest BCUT2D eigenvalue weighted by atomic mass is 32.2. The zero-order valence-corrected chi connectivity index (χ0v) is 16.0. The molecule has 0 aliphatic carbocycles. The summed E-state index contributed by atoms with van der Waals surface area (Å²) in [5, 5.41) is 24.0. The Bertz CT molecular complexity index is 1050. The van der Waals surface area contributed by atoms with Crippen molar-refractivity contribution < 1.29 is 18.1 Å². The fourth-order valence-corrected chi connectivity index (χ4v) is 4.06. The number of anilines is 1. The van der Waals surface area contributed by atoms with Gasteiger partial charge in [-0.05, 0) is 36.4 Å². The Hall–Kier alpha value is -3.33. The van der Waals surface area contributed by atoms with Gasteiger partial charge in [0.25, 0.3) is 5.69 Å². The molecule has 0 aromatic heterocycles. The highest BCUT2D eigenvalue weighted by Gasteiger charge is 2.26. The molecule has 150 valence electrons. The third-order valence-corrected chi connectivity index (χ3v) is 6.13. The number of hydrogen-bond donors (Lipinski definition) is 1. The monoisotopic (exact) mass is 415 g/mol. The average molecular weight is 415 g/mol. The molecule has 2 aromatic carbocycles. The van der Waals surface area contributed by atoms with Crippen molar-refractivity contribution in [3.63, 3.8) is 0 Å². The smallest absolute Gasteiger partial charge is 0.269 e. The van der Waals surface area contributed by atoms with Gasteiger partial charge >= 0.3 is 0 Å². The lowest BCUT2D eigenvalue weighted by Crippen LogP contribution is -2.40. The van der Waals surface area contributed by atoms with Crippen LogP contribution >= 0.6 is 0 Å². The van der Waals surface area contributed by atoms with E-state index in [1.165, 1.54) is 40.7 Å². The van der Waals surface area contributed by atoms with Gasteiger partial charge in [0.1, 0.15) is 6.07 Å². The number of nitro benzene ring substituents is 1. The van der Waals surface area contributed by atoms with Crippen LogP contribution in [-0.2, 0) is 14.8 Å². The minimum atomic E-state index is -3.59. The topological polar surface area (TPSA) is 138 Å². The summed E-state index contributed by atoms with van der Waals surface area (Å²) in [4.78, 5) is 10.3. The van der Waals surface area contributed by atoms with E-state index in [4.69, 9.17) is 4.74 Å². The Morgan fingerprint density at radius 1 is 1.14 bits per heavy atom. The zero-order valence-electron chi connectivity index (χ0n) is 15.2. The molecule has 0 saturated carbocycles. The van der Waals surface area contributed by atoms with Crippen LogP contribution in [0.4, 0.5) is 11.4 Å². The molecule has 1 aliphatic rings. The number of morpholine rings is 1. The van der Waals surface area contributed by atoms with E-state index in [2.05, 4.69) is 10.5 Å². The lowest BCUT2D eigenvalue weighted by molar-refractivity contribution is -0.384. The Balaban J connectivity index is 1.73. The van der Waals surface area contributed by atoms with E-state index >= 15 is 0 Å². The molecule has 11 heteroatoms. The molecule has 0 amide bonds. The molecule has 29 heavy (non-hydrogen) atoms. The lowest BCUT2D eigenvalue weighted by Gasteiger charge is -2.26. The summed E-state index contributed by atoms with van der Waals surface area (Å²) < 4.78 is 31.8. The van der Waals surface area contributed by atoms with Crippen LogP contribution in [-0.4, -0.2) is 49.7 Å². The summed E-state index contributed by atoms with van der Waals surface area (Å²) in [6.45, 7) is 1.36. The highest BCUT2D eigenvalue weighted by Crippen LogP contribution is 2.20. The van der Waals surface area contributed by atoms with Crippen molar-refractivity contribution in [3.05, 3.63) is 64.2 Å². The number of non-ortho nitro benzene ring substituents is 1. The molecule has 10 nitrogen and oxygen atoms in total. The second kappa shape index (κ2) is 8.78. The average Bonchev–Trinajstić information content (AvgIpc) is 2.75. The van der Waals surface area contributed by atoms with Gasteiger partial charge in [0.2, 0.25) is 10.0 Å². The van der Waals surface area contributed by atoms with Crippen LogP contribution in [0.2, 0.25) is 0 Å². The van der Waals surface area contributed by atoms with E-state index in [-0.39, 0.29) is 16.3 Å². The van der Waals surface area contributed by atoms with Crippen molar-refractivity contribution in [2.24, 2.45) is 5.10 Å². The predicted octanol–water partition coefficient (Wildman–Crippen LogP) is 1.96. The van der Waals surface area contributed by atoms with Gasteiger partial charge in [-0.3, -0.25) is 15.5 Å². The first-order valence-electron chi connectivity index (χ1n) is 8.58. The molecule has 1 fully saturated rings. The van der Waals surface area contributed by atoms with E-state index in [0.29, 0.717) is 37.6 Å². The number of ether oxygens (including phenoxy) is 1. The first kappa shape index (κ1) is 20.4. The Labute approximate surface area is 167 Å². The molecule has 1 aliphatic heterocycles. The number of sulfonamides is 1. The molecule has 0 spiro atoms. The number of nitriles is 1. The molecule has 0 radical (unpaired) electrons. The number of hydrogen-bond acceptors (Lipinski definition) is 8. The van der Waals surface area contributed by atoms with E-state index in [1.807, 2.05) is 6.07 Å². The van der Waals surface area contributed by atoms with Crippen LogP contribution < -0.4 is 5.43 Å². The molecular weight excluding hydrogens is 398 g/mol. The van der Waals surface area contributed by atoms with Gasteiger partial charge < -0.3 is 4.74 Å². The van der Waals surface area contributed by atoms with E-state index in [1.54, 1.807) is 12.1 Å². The van der Waals surface area contributed by atoms with E-state index in [0.717, 1.165) is 0 Å². The van der Waals surface area contributed by atoms with Crippen molar-refractivity contribution in [1.82, 2.24) is 4.31 Å². The number of nitrogens with one attached hydrogen (secondary N) is 1. The Morgan fingerprint density at radius 2 is 1.76 bits per heavy atom. The molecule has 2 aromatic rings. The molecule has 1 heterocycles. The van der Waals surface area contributed by atoms with Gasteiger partial charge in [0.15, 0.2) is 5.71 Å². The first-order chi connectivity index (χ1) is 13.9. The zero-order chi connectivity index (χ0) is 20.9. The van der Waals surface area contributed by atoms with Crippen molar-refractivity contribution in [2.75, 3.05) is 31.7 Å². The van der Waals surface area contributed by atoms with Crippen molar-refractivity contribution in [1.29, 1.82) is 5.26 Å². The summed E-state index contributed by atoms with van der Waals surface area (Å²) in [5.41, 5.74) is 3.54. The van der Waals surface area contributed by atoms with Gasteiger partial charge in [0, 0.05) is 30.8 Å². The third-order valence-electron chi connectivity index (χ3n) is 4.22. The van der Waals surface area contributed by atoms with Gasteiger partial charge in [-0.1, -0.05) is 0 Å². The molecule has 1 saturated heterocycles. The highest BCUT2D eigenvalue weighted by molar-refractivity contribution is 7.89. The summed E-state index contributed by atoms with van der Waals surface area (Å²) in [5.74, 6) is 0. The van der Waals surface area contributed by atoms with Gasteiger partial charge in [-0.25, -0.2) is 8.42 Å². The summed E-state index contributed by atoms with van der Waals surface area (Å²) >= 11 is 0.